The molecular formula is C11H14N2O3S2. The van der Waals surface area contributed by atoms with Gasteiger partial charge in [-0.1, -0.05) is 12.8 Å². The number of thiophene rings is 1. The molecule has 0 aliphatic heterocycles. The molecule has 18 heavy (non-hydrogen) atoms. The number of nitriles is 1. The molecule has 1 aromatic rings. The van der Waals surface area contributed by atoms with Crippen molar-refractivity contribution >= 4 is 21.4 Å². The van der Waals surface area contributed by atoms with Crippen LogP contribution in [0.25, 0.3) is 0 Å². The van der Waals surface area contributed by atoms with Gasteiger partial charge >= 0.3 is 0 Å². The predicted octanol–water partition coefficient (Wildman–Crippen LogP) is 1.20. The fourth-order valence-corrected chi connectivity index (χ4v) is 4.45. The maximum absolute atomic E-state index is 12.1. The van der Waals surface area contributed by atoms with Gasteiger partial charge < -0.3 is 5.11 Å². The Labute approximate surface area is 110 Å². The normalized spacial score (nSPS) is 24.7. The first-order chi connectivity index (χ1) is 8.53. The Balaban J connectivity index is 2.14. The van der Waals surface area contributed by atoms with Gasteiger partial charge in [-0.3, -0.25) is 0 Å². The van der Waals surface area contributed by atoms with Crippen LogP contribution in [0.5, 0.6) is 0 Å². The molecule has 2 atom stereocenters. The summed E-state index contributed by atoms with van der Waals surface area (Å²) in [6.45, 7) is 0. The van der Waals surface area contributed by atoms with Gasteiger partial charge in [0, 0.05) is 6.04 Å². The first-order valence-electron chi connectivity index (χ1n) is 5.73. The Kier molecular flexibility index (Phi) is 4.02. The minimum Gasteiger partial charge on any atom is -0.391 e. The fourth-order valence-electron chi connectivity index (χ4n) is 2.03. The topological polar surface area (TPSA) is 90.2 Å². The fraction of sp³-hybridized carbons (Fsp3) is 0.545. The van der Waals surface area contributed by atoms with Crippen molar-refractivity contribution in [3.63, 3.8) is 0 Å². The van der Waals surface area contributed by atoms with Gasteiger partial charge in [0.25, 0.3) is 0 Å². The second kappa shape index (κ2) is 5.36. The highest BCUT2D eigenvalue weighted by Crippen LogP contribution is 2.24. The van der Waals surface area contributed by atoms with Gasteiger partial charge in [-0.05, 0) is 25.0 Å². The lowest BCUT2D eigenvalue weighted by Crippen LogP contribution is -2.44. The van der Waals surface area contributed by atoms with Crippen LogP contribution in [0, 0.1) is 11.3 Å². The van der Waals surface area contributed by atoms with Crippen LogP contribution < -0.4 is 4.72 Å². The Bertz CT molecular complexity index is 559. The molecule has 0 spiro atoms. The van der Waals surface area contributed by atoms with Crippen molar-refractivity contribution in [2.24, 2.45) is 0 Å². The van der Waals surface area contributed by atoms with Gasteiger partial charge in [0.1, 0.15) is 15.2 Å². The van der Waals surface area contributed by atoms with E-state index in [1.54, 1.807) is 0 Å². The van der Waals surface area contributed by atoms with Gasteiger partial charge in [0.2, 0.25) is 10.0 Å². The lowest BCUT2D eigenvalue weighted by atomic mass is 9.93. The SMILES string of the molecule is N#Cc1ccc(S(=O)(=O)N[C@@H]2CCCC[C@H]2O)s1. The van der Waals surface area contributed by atoms with E-state index in [2.05, 4.69) is 4.72 Å². The maximum Gasteiger partial charge on any atom is 0.250 e. The summed E-state index contributed by atoms with van der Waals surface area (Å²) in [7, 11) is -3.62. The van der Waals surface area contributed by atoms with Crippen LogP contribution in [0.1, 0.15) is 30.6 Å². The smallest absolute Gasteiger partial charge is 0.250 e. The molecule has 0 unspecified atom stereocenters. The molecule has 1 fully saturated rings. The number of nitrogens with zero attached hydrogens (tertiary/aromatic N) is 1. The zero-order valence-corrected chi connectivity index (χ0v) is 11.3. The van der Waals surface area contributed by atoms with E-state index in [-0.39, 0.29) is 4.21 Å². The van der Waals surface area contributed by atoms with Crippen molar-refractivity contribution in [3.8, 4) is 6.07 Å². The zero-order valence-electron chi connectivity index (χ0n) is 9.67. The van der Waals surface area contributed by atoms with Crippen LogP contribution in [0.2, 0.25) is 0 Å². The molecule has 2 N–H and O–H groups in total. The van der Waals surface area contributed by atoms with E-state index < -0.39 is 22.2 Å². The minimum atomic E-state index is -3.62. The number of aliphatic hydroxyl groups excluding tert-OH is 1. The lowest BCUT2D eigenvalue weighted by molar-refractivity contribution is 0.101. The van der Waals surface area contributed by atoms with Crippen LogP contribution in [0.4, 0.5) is 0 Å². The van der Waals surface area contributed by atoms with Gasteiger partial charge in [-0.25, -0.2) is 13.1 Å². The Morgan fingerprint density at radius 1 is 1.39 bits per heavy atom. The lowest BCUT2D eigenvalue weighted by Gasteiger charge is -2.27. The van der Waals surface area contributed by atoms with Crippen LogP contribution >= 0.6 is 11.3 Å². The number of sulfonamides is 1. The van der Waals surface area contributed by atoms with Crippen molar-refractivity contribution in [1.29, 1.82) is 5.26 Å². The maximum atomic E-state index is 12.1. The summed E-state index contributed by atoms with van der Waals surface area (Å²) in [5.41, 5.74) is 0. The van der Waals surface area contributed by atoms with Crippen LogP contribution in [0.15, 0.2) is 16.3 Å². The van der Waals surface area contributed by atoms with Gasteiger partial charge in [0.05, 0.1) is 6.10 Å². The number of rotatable bonds is 3. The van der Waals surface area contributed by atoms with E-state index in [4.69, 9.17) is 5.26 Å². The Morgan fingerprint density at radius 2 is 2.11 bits per heavy atom. The summed E-state index contributed by atoms with van der Waals surface area (Å²) in [5.74, 6) is 0. The molecule has 1 saturated carbocycles. The first kappa shape index (κ1) is 13.5. The average molecular weight is 286 g/mol. The van der Waals surface area contributed by atoms with E-state index in [1.165, 1.54) is 12.1 Å². The standard InChI is InChI=1S/C11H14N2O3S2/c12-7-8-5-6-11(17-8)18(15,16)13-9-3-1-2-4-10(9)14/h5-6,9-10,13-14H,1-4H2/t9-,10-/m1/s1. The molecule has 7 heteroatoms. The molecule has 0 aromatic carbocycles. The Morgan fingerprint density at radius 3 is 2.72 bits per heavy atom. The van der Waals surface area contributed by atoms with E-state index in [0.29, 0.717) is 17.7 Å². The molecule has 5 nitrogen and oxygen atoms in total. The molecule has 1 aromatic heterocycles. The summed E-state index contributed by atoms with van der Waals surface area (Å²) in [6.07, 6.45) is 2.50. The second-order valence-electron chi connectivity index (χ2n) is 4.31. The Hall–Kier alpha value is -0.940. The average Bonchev–Trinajstić information content (AvgIpc) is 2.81. The molecule has 0 radical (unpaired) electrons. The van der Waals surface area contributed by atoms with Crippen LogP contribution in [0.3, 0.4) is 0 Å². The molecular weight excluding hydrogens is 272 g/mol. The van der Waals surface area contributed by atoms with Crippen molar-refractivity contribution in [2.45, 2.75) is 42.0 Å². The number of nitrogens with one attached hydrogen (secondary N) is 1. The number of hydrogen-bond donors (Lipinski definition) is 2. The van der Waals surface area contributed by atoms with Crippen molar-refractivity contribution in [3.05, 3.63) is 17.0 Å². The van der Waals surface area contributed by atoms with E-state index >= 15 is 0 Å². The molecule has 2 rings (SSSR count). The molecule has 98 valence electrons. The van der Waals surface area contributed by atoms with Crippen molar-refractivity contribution < 1.29 is 13.5 Å². The molecule has 1 aliphatic carbocycles. The zero-order chi connectivity index (χ0) is 13.2. The highest BCUT2D eigenvalue weighted by atomic mass is 32.2. The molecule has 0 bridgehead atoms. The number of aliphatic hydroxyl groups is 1. The largest absolute Gasteiger partial charge is 0.391 e. The van der Waals surface area contributed by atoms with E-state index in [1.807, 2.05) is 6.07 Å². The monoisotopic (exact) mass is 286 g/mol. The van der Waals surface area contributed by atoms with Crippen LogP contribution in [-0.4, -0.2) is 25.7 Å². The van der Waals surface area contributed by atoms with Gasteiger partial charge in [-0.15, -0.1) is 11.3 Å². The van der Waals surface area contributed by atoms with Gasteiger partial charge in [-0.2, -0.15) is 5.26 Å². The first-order valence-corrected chi connectivity index (χ1v) is 8.03. The highest BCUT2D eigenvalue weighted by Gasteiger charge is 2.28. The third-order valence-corrected chi connectivity index (χ3v) is 5.96. The number of hydrogen-bond acceptors (Lipinski definition) is 5. The minimum absolute atomic E-state index is 0.122. The van der Waals surface area contributed by atoms with Gasteiger partial charge in [0.15, 0.2) is 0 Å². The molecule has 0 amide bonds. The third kappa shape index (κ3) is 2.90. The quantitative estimate of drug-likeness (QED) is 0.873. The van der Waals surface area contributed by atoms with E-state index in [9.17, 15) is 13.5 Å². The summed E-state index contributed by atoms with van der Waals surface area (Å²) >= 11 is 0.936. The predicted molar refractivity (Wildman–Crippen MR) is 67.6 cm³/mol. The summed E-state index contributed by atoms with van der Waals surface area (Å²) in [4.78, 5) is 0.361. The summed E-state index contributed by atoms with van der Waals surface area (Å²) < 4.78 is 26.8. The summed E-state index contributed by atoms with van der Waals surface area (Å²) in [5, 5.41) is 18.4. The van der Waals surface area contributed by atoms with Crippen molar-refractivity contribution in [2.75, 3.05) is 0 Å². The highest BCUT2D eigenvalue weighted by molar-refractivity contribution is 7.91. The summed E-state index contributed by atoms with van der Waals surface area (Å²) in [6, 6.07) is 4.39. The van der Waals surface area contributed by atoms with E-state index in [0.717, 1.165) is 24.2 Å². The second-order valence-corrected chi connectivity index (χ2v) is 7.33. The third-order valence-electron chi connectivity index (χ3n) is 2.99. The van der Waals surface area contributed by atoms with Crippen molar-refractivity contribution in [1.82, 2.24) is 4.72 Å². The molecule has 1 heterocycles. The van der Waals surface area contributed by atoms with Crippen LogP contribution in [-0.2, 0) is 10.0 Å². The molecule has 1 aliphatic rings. The molecule has 0 saturated heterocycles.